The fourth-order valence-corrected chi connectivity index (χ4v) is 7.34. The largest absolute Gasteiger partial charge is 0.394 e. The SMILES string of the molecule is CCCCCCCCCCCCCCCCCCCCC(=O)N[C@@H](CO[C@@H]1O[C@H](CO)[C@H](O)C(O)C1O)[C@H](O)CCCCCCCCCCCCC. The van der Waals surface area contributed by atoms with Gasteiger partial charge < -0.3 is 40.3 Å². The molecule has 0 aromatic heterocycles. The van der Waals surface area contributed by atoms with Crippen LogP contribution in [0.1, 0.15) is 213 Å². The van der Waals surface area contributed by atoms with Crippen LogP contribution in [-0.4, -0.2) is 87.5 Å². The molecule has 9 heteroatoms. The second kappa shape index (κ2) is 34.7. The molecule has 1 heterocycles. The molecule has 1 saturated heterocycles. The molecular weight excluding hydrogens is 658 g/mol. The van der Waals surface area contributed by atoms with E-state index in [0.29, 0.717) is 12.8 Å². The summed E-state index contributed by atoms with van der Waals surface area (Å²) in [6.45, 7) is 3.83. The maximum absolute atomic E-state index is 12.9. The number of rotatable bonds is 37. The molecule has 0 saturated carbocycles. The lowest BCUT2D eigenvalue weighted by Gasteiger charge is -2.40. The molecule has 7 atom stereocenters. The topological polar surface area (TPSA) is 149 Å². The van der Waals surface area contributed by atoms with Crippen LogP contribution in [0.5, 0.6) is 0 Å². The van der Waals surface area contributed by atoms with E-state index >= 15 is 0 Å². The Morgan fingerprint density at radius 1 is 0.577 bits per heavy atom. The van der Waals surface area contributed by atoms with Crippen LogP contribution in [0, 0.1) is 0 Å². The molecular formula is C43H85NO8. The monoisotopic (exact) mass is 744 g/mol. The summed E-state index contributed by atoms with van der Waals surface area (Å²) >= 11 is 0. The average Bonchev–Trinajstić information content (AvgIpc) is 3.14. The van der Waals surface area contributed by atoms with Gasteiger partial charge in [-0.05, 0) is 12.8 Å². The summed E-state index contributed by atoms with van der Waals surface area (Å²) in [4.78, 5) is 12.9. The van der Waals surface area contributed by atoms with Crippen LogP contribution in [0.2, 0.25) is 0 Å². The molecule has 1 fully saturated rings. The van der Waals surface area contributed by atoms with Gasteiger partial charge in [0.2, 0.25) is 5.91 Å². The zero-order chi connectivity index (χ0) is 38.1. The van der Waals surface area contributed by atoms with E-state index in [-0.39, 0.29) is 12.5 Å². The molecule has 52 heavy (non-hydrogen) atoms. The van der Waals surface area contributed by atoms with Crippen molar-refractivity contribution in [2.24, 2.45) is 0 Å². The van der Waals surface area contributed by atoms with Crippen molar-refractivity contribution in [2.45, 2.75) is 256 Å². The van der Waals surface area contributed by atoms with Crippen LogP contribution >= 0.6 is 0 Å². The van der Waals surface area contributed by atoms with Crippen molar-refractivity contribution in [3.8, 4) is 0 Å². The summed E-state index contributed by atoms with van der Waals surface area (Å²) in [6, 6.07) is -0.710. The number of aliphatic hydroxyl groups excluding tert-OH is 5. The zero-order valence-electron chi connectivity index (χ0n) is 33.8. The number of unbranched alkanes of at least 4 members (excludes halogenated alkanes) is 27. The normalized spacial score (nSPS) is 21.7. The van der Waals surface area contributed by atoms with Gasteiger partial charge in [0.25, 0.3) is 0 Å². The molecule has 1 rings (SSSR count). The molecule has 6 N–H and O–H groups in total. The Morgan fingerprint density at radius 2 is 0.962 bits per heavy atom. The third-order valence-electron chi connectivity index (χ3n) is 11.0. The lowest BCUT2D eigenvalue weighted by Crippen LogP contribution is -2.60. The molecule has 0 bridgehead atoms. The number of amides is 1. The number of ether oxygens (including phenoxy) is 2. The standard InChI is InChI=1S/C43H85NO8/c1-3-5-7-9-11-13-15-16-17-18-19-20-21-23-25-27-29-31-33-39(47)44-36(35-51-43-42(50)41(49)40(48)38(34-45)52-43)37(46)32-30-28-26-24-22-14-12-10-8-6-4-2/h36-38,40-43,45-46,48-50H,3-35H2,1-2H3,(H,44,47)/t36-,37+,38+,40-,41?,42?,43+/m0/s1. The van der Waals surface area contributed by atoms with Crippen LogP contribution in [0.25, 0.3) is 0 Å². The second-order valence-electron chi connectivity index (χ2n) is 15.9. The molecule has 1 aliphatic rings. The summed E-state index contributed by atoms with van der Waals surface area (Å²) in [5.74, 6) is -0.142. The highest BCUT2D eigenvalue weighted by molar-refractivity contribution is 5.76. The minimum atomic E-state index is -1.55. The van der Waals surface area contributed by atoms with E-state index in [1.807, 2.05) is 0 Å². The van der Waals surface area contributed by atoms with E-state index in [0.717, 1.165) is 38.5 Å². The predicted octanol–water partition coefficient (Wildman–Crippen LogP) is 8.78. The Balaban J connectivity index is 2.30. The van der Waals surface area contributed by atoms with Crippen molar-refractivity contribution in [3.63, 3.8) is 0 Å². The minimum absolute atomic E-state index is 0.132. The quantitative estimate of drug-likeness (QED) is 0.0346. The van der Waals surface area contributed by atoms with Crippen LogP contribution in [0.4, 0.5) is 0 Å². The number of carbonyl (C=O) groups is 1. The van der Waals surface area contributed by atoms with E-state index in [1.165, 1.54) is 148 Å². The predicted molar refractivity (Wildman–Crippen MR) is 212 cm³/mol. The van der Waals surface area contributed by atoms with E-state index in [4.69, 9.17) is 9.47 Å². The average molecular weight is 744 g/mol. The Labute approximate surface area is 319 Å². The third-order valence-corrected chi connectivity index (χ3v) is 11.0. The van der Waals surface area contributed by atoms with E-state index < -0.39 is 49.5 Å². The van der Waals surface area contributed by atoms with Crippen LogP contribution in [-0.2, 0) is 14.3 Å². The minimum Gasteiger partial charge on any atom is -0.394 e. The van der Waals surface area contributed by atoms with E-state index in [1.54, 1.807) is 0 Å². The summed E-state index contributed by atoms with van der Waals surface area (Å²) in [6.07, 6.45) is 29.7. The van der Waals surface area contributed by atoms with Gasteiger partial charge in [-0.1, -0.05) is 194 Å². The van der Waals surface area contributed by atoms with Gasteiger partial charge >= 0.3 is 0 Å². The molecule has 0 spiro atoms. The third kappa shape index (κ3) is 25.3. The molecule has 0 radical (unpaired) electrons. The van der Waals surface area contributed by atoms with Crippen molar-refractivity contribution >= 4 is 5.91 Å². The Morgan fingerprint density at radius 3 is 1.37 bits per heavy atom. The molecule has 2 unspecified atom stereocenters. The molecule has 1 amide bonds. The van der Waals surface area contributed by atoms with Gasteiger partial charge in [-0.3, -0.25) is 4.79 Å². The fourth-order valence-electron chi connectivity index (χ4n) is 7.34. The van der Waals surface area contributed by atoms with Gasteiger partial charge in [0.15, 0.2) is 6.29 Å². The number of hydrogen-bond donors (Lipinski definition) is 6. The highest BCUT2D eigenvalue weighted by Gasteiger charge is 2.44. The Bertz CT molecular complexity index is 786. The first-order valence-corrected chi connectivity index (χ1v) is 22.2. The molecule has 1 aliphatic heterocycles. The van der Waals surface area contributed by atoms with Gasteiger partial charge in [-0.25, -0.2) is 0 Å². The number of hydrogen-bond acceptors (Lipinski definition) is 8. The van der Waals surface area contributed by atoms with Crippen LogP contribution < -0.4 is 5.32 Å². The van der Waals surface area contributed by atoms with Crippen molar-refractivity contribution in [3.05, 3.63) is 0 Å². The molecule has 9 nitrogen and oxygen atoms in total. The van der Waals surface area contributed by atoms with Crippen LogP contribution in [0.3, 0.4) is 0 Å². The maximum atomic E-state index is 12.9. The Hall–Kier alpha value is -0.810. The first-order chi connectivity index (χ1) is 25.3. The summed E-state index contributed by atoms with van der Waals surface area (Å²) in [5, 5.41) is 54.2. The van der Waals surface area contributed by atoms with Crippen molar-refractivity contribution in [1.29, 1.82) is 0 Å². The van der Waals surface area contributed by atoms with Gasteiger partial charge in [0.05, 0.1) is 25.4 Å². The second-order valence-corrected chi connectivity index (χ2v) is 15.9. The van der Waals surface area contributed by atoms with Gasteiger partial charge in [-0.2, -0.15) is 0 Å². The van der Waals surface area contributed by atoms with Crippen molar-refractivity contribution in [2.75, 3.05) is 13.2 Å². The highest BCUT2D eigenvalue weighted by atomic mass is 16.7. The van der Waals surface area contributed by atoms with E-state index in [9.17, 15) is 30.3 Å². The molecule has 310 valence electrons. The molecule has 0 aliphatic carbocycles. The number of carbonyl (C=O) groups excluding carboxylic acids is 1. The first-order valence-electron chi connectivity index (χ1n) is 22.2. The fraction of sp³-hybridized carbons (Fsp3) is 0.977. The van der Waals surface area contributed by atoms with Gasteiger partial charge in [0, 0.05) is 6.42 Å². The van der Waals surface area contributed by atoms with Crippen molar-refractivity contribution in [1.82, 2.24) is 5.32 Å². The number of aliphatic hydroxyl groups is 5. The number of nitrogens with one attached hydrogen (secondary N) is 1. The lowest BCUT2D eigenvalue weighted by atomic mass is 9.99. The van der Waals surface area contributed by atoms with Gasteiger partial charge in [-0.15, -0.1) is 0 Å². The van der Waals surface area contributed by atoms with Gasteiger partial charge in [0.1, 0.15) is 24.4 Å². The Kier molecular flexibility index (Phi) is 32.8. The zero-order valence-corrected chi connectivity index (χ0v) is 33.8. The lowest BCUT2D eigenvalue weighted by molar-refractivity contribution is -0.302. The summed E-state index contributed by atoms with van der Waals surface area (Å²) in [7, 11) is 0. The maximum Gasteiger partial charge on any atom is 0.220 e. The van der Waals surface area contributed by atoms with Crippen LogP contribution in [0.15, 0.2) is 0 Å². The highest BCUT2D eigenvalue weighted by Crippen LogP contribution is 2.23. The smallest absolute Gasteiger partial charge is 0.220 e. The summed E-state index contributed by atoms with van der Waals surface area (Å²) in [5.41, 5.74) is 0. The molecule has 0 aromatic rings. The summed E-state index contributed by atoms with van der Waals surface area (Å²) < 4.78 is 11.2. The first kappa shape index (κ1) is 49.2. The van der Waals surface area contributed by atoms with E-state index in [2.05, 4.69) is 19.2 Å². The molecule has 0 aromatic carbocycles. The van der Waals surface area contributed by atoms with Crippen molar-refractivity contribution < 1.29 is 39.8 Å².